The number of rotatable bonds is 12. The Kier molecular flexibility index (Phi) is 22.4. The fraction of sp³-hybridized carbons (Fsp3) is 0.828. The third-order valence-corrected chi connectivity index (χ3v) is 26.9. The second kappa shape index (κ2) is 25.9. The molecule has 0 aromatic carbocycles. The number of hydrogen-bond donors (Lipinski definition) is 1. The molecule has 14 nitrogen and oxygen atoms in total. The SMILES string of the molecule is CC[C@@H]1/C=C(\C)C[C@H](C)C[C@H](OC)[C@H]2O[C@@](O)(C(=O)C(=O)N3CCCC[C@H]3C(=O)O[C@H](/C(C)=C/[C@@H]3CC[C@@H](O[Si](C)(C)C(C)(C)C)[C@H](OC)C3)[C@H](C)/C=C/C1(CC(=O)OC)O[Si](C)(C)C(C)(C)C)[C@H](C)C[C@@H]2OC. The van der Waals surface area contributed by atoms with E-state index in [2.05, 4.69) is 101 Å². The van der Waals surface area contributed by atoms with Crippen molar-refractivity contribution in [3.05, 3.63) is 35.5 Å². The number of cyclic esters (lactones) is 1. The van der Waals surface area contributed by atoms with Crippen LogP contribution in [0, 0.1) is 29.6 Å². The van der Waals surface area contributed by atoms with Gasteiger partial charge in [-0.15, -0.1) is 0 Å². The standard InChI is InChI=1S/C58H101NO13Si2/c1-21-43-31-37(2)30-38(3)32-47(66-14)51-48(67-15)34-41(6)58(64,70-51)52(61)53(62)59-29-23-22-24-44(59)54(63)69-50(39(4)27-28-57(43,36-49(60)68-16)72-74(19,20)56(10,11)12)40(5)33-42-25-26-45(46(35-42)65-13)71-73(17,18)55(7,8)9/h27-28,31,33,38-39,41-48,50-51,64H,21-26,29-30,32,34-36H2,1-20H3/b28-27+,37-31+,40-33+/t38-,39+,41+,42-,43+,44-,45+,46+,47-,48-,50-,51+,57?,58+/m0/s1. The Labute approximate surface area is 449 Å². The summed E-state index contributed by atoms with van der Waals surface area (Å²) in [5.41, 5.74) is 0.751. The molecule has 3 aliphatic heterocycles. The first-order chi connectivity index (χ1) is 34.2. The van der Waals surface area contributed by atoms with Crippen LogP contribution < -0.4 is 0 Å². The highest BCUT2D eigenvalue weighted by Crippen LogP contribution is 2.46. The van der Waals surface area contributed by atoms with Crippen LogP contribution in [-0.2, 0) is 56.5 Å². The Bertz CT molecular complexity index is 2010. The van der Waals surface area contributed by atoms with Crippen LogP contribution >= 0.6 is 0 Å². The van der Waals surface area contributed by atoms with E-state index < -0.39 is 93.9 Å². The number of fused-ring (bicyclic) bond motifs is 3. The molecule has 4 aliphatic rings. The van der Waals surface area contributed by atoms with Crippen LogP contribution in [0.25, 0.3) is 0 Å². The van der Waals surface area contributed by atoms with Gasteiger partial charge in [0.2, 0.25) is 5.79 Å². The zero-order chi connectivity index (χ0) is 55.9. The number of ether oxygens (including phenoxy) is 6. The average Bonchev–Trinajstić information content (AvgIpc) is 3.32. The lowest BCUT2D eigenvalue weighted by atomic mass is 9.79. The third kappa shape index (κ3) is 15.2. The summed E-state index contributed by atoms with van der Waals surface area (Å²) in [6.07, 6.45) is 11.2. The van der Waals surface area contributed by atoms with Crippen LogP contribution in [0.5, 0.6) is 0 Å². The maximum atomic E-state index is 15.0. The summed E-state index contributed by atoms with van der Waals surface area (Å²) in [7, 11) is 1.55. The van der Waals surface area contributed by atoms with Gasteiger partial charge in [0.05, 0.1) is 43.5 Å². The smallest absolute Gasteiger partial charge is 0.329 e. The molecular formula is C58H101NO13Si2. The predicted molar refractivity (Wildman–Crippen MR) is 295 cm³/mol. The number of piperidine rings is 1. The fourth-order valence-corrected chi connectivity index (χ4v) is 14.2. The minimum Gasteiger partial charge on any atom is -0.469 e. The highest BCUT2D eigenvalue weighted by Gasteiger charge is 2.57. The van der Waals surface area contributed by atoms with E-state index in [9.17, 15) is 24.3 Å². The van der Waals surface area contributed by atoms with E-state index in [0.717, 1.165) is 30.4 Å². The van der Waals surface area contributed by atoms with E-state index in [1.807, 2.05) is 26.0 Å². The molecule has 14 atom stereocenters. The number of ketones is 1. The molecule has 2 bridgehead atoms. The van der Waals surface area contributed by atoms with Crippen molar-refractivity contribution in [2.75, 3.05) is 35.0 Å². The Hall–Kier alpha value is -2.55. The zero-order valence-electron chi connectivity index (χ0n) is 49.5. The summed E-state index contributed by atoms with van der Waals surface area (Å²) in [6, 6.07) is -1.10. The second-order valence-electron chi connectivity index (χ2n) is 25.7. The number of amides is 1. The molecule has 74 heavy (non-hydrogen) atoms. The number of aliphatic hydroxyl groups is 1. The van der Waals surface area contributed by atoms with Crippen molar-refractivity contribution in [3.8, 4) is 0 Å². The van der Waals surface area contributed by atoms with E-state index in [-0.39, 0.29) is 65.8 Å². The lowest BCUT2D eigenvalue weighted by molar-refractivity contribution is -0.302. The molecule has 1 N–H and O–H groups in total. The normalized spacial score (nSPS) is 36.4. The largest absolute Gasteiger partial charge is 0.469 e. The van der Waals surface area contributed by atoms with Crippen LogP contribution in [-0.4, -0.2) is 139 Å². The van der Waals surface area contributed by atoms with Crippen LogP contribution in [0.4, 0.5) is 0 Å². The quantitative estimate of drug-likeness (QED) is 0.0850. The minimum absolute atomic E-state index is 0.0206. The van der Waals surface area contributed by atoms with Crippen molar-refractivity contribution in [1.29, 1.82) is 0 Å². The number of allylic oxidation sites excluding steroid dienone is 2. The number of nitrogens with zero attached hydrogens (tertiary/aromatic N) is 1. The highest BCUT2D eigenvalue weighted by atomic mass is 28.4. The first-order valence-corrected chi connectivity index (χ1v) is 33.6. The van der Waals surface area contributed by atoms with Gasteiger partial charge in [-0.05, 0) is 132 Å². The third-order valence-electron chi connectivity index (χ3n) is 17.9. The van der Waals surface area contributed by atoms with Gasteiger partial charge in [-0.25, -0.2) is 4.79 Å². The first kappa shape index (κ1) is 64.0. The molecule has 3 fully saturated rings. The second-order valence-corrected chi connectivity index (χ2v) is 35.2. The first-order valence-electron chi connectivity index (χ1n) is 27.8. The molecule has 16 heteroatoms. The predicted octanol–water partition coefficient (Wildman–Crippen LogP) is 11.1. The Morgan fingerprint density at radius 1 is 0.851 bits per heavy atom. The van der Waals surface area contributed by atoms with E-state index >= 15 is 0 Å². The summed E-state index contributed by atoms with van der Waals surface area (Å²) in [5, 5.41) is 12.1. The molecule has 0 aromatic heterocycles. The maximum Gasteiger partial charge on any atom is 0.329 e. The van der Waals surface area contributed by atoms with Crippen LogP contribution in [0.3, 0.4) is 0 Å². The molecular weight excluding hydrogens is 975 g/mol. The van der Waals surface area contributed by atoms with Crippen LogP contribution in [0.1, 0.15) is 154 Å². The van der Waals surface area contributed by atoms with Crippen LogP contribution in [0.2, 0.25) is 36.3 Å². The number of Topliss-reactive ketones (excluding diaryl/α,β-unsaturated/α-hetero) is 1. The maximum absolute atomic E-state index is 15.0. The number of carbonyl (C=O) groups excluding carboxylic acids is 4. The van der Waals surface area contributed by atoms with Crippen molar-refractivity contribution >= 4 is 40.3 Å². The Morgan fingerprint density at radius 3 is 2.03 bits per heavy atom. The number of hydrogen-bond acceptors (Lipinski definition) is 13. The Morgan fingerprint density at radius 2 is 1.46 bits per heavy atom. The van der Waals surface area contributed by atoms with Crippen molar-refractivity contribution in [2.24, 2.45) is 29.6 Å². The van der Waals surface area contributed by atoms with E-state index in [0.29, 0.717) is 32.1 Å². The van der Waals surface area contributed by atoms with Gasteiger partial charge in [-0.2, -0.15) is 0 Å². The molecule has 424 valence electrons. The molecule has 4 rings (SSSR count). The van der Waals surface area contributed by atoms with Crippen molar-refractivity contribution in [3.63, 3.8) is 0 Å². The van der Waals surface area contributed by atoms with Crippen molar-refractivity contribution < 1.29 is 61.6 Å². The topological polar surface area (TPSA) is 166 Å². The molecule has 1 amide bonds. The van der Waals surface area contributed by atoms with Gasteiger partial charge < -0.3 is 47.3 Å². The Balaban J connectivity index is 1.96. The number of esters is 2. The van der Waals surface area contributed by atoms with Gasteiger partial charge in [0.1, 0.15) is 18.2 Å². The van der Waals surface area contributed by atoms with Crippen LogP contribution in [0.15, 0.2) is 35.5 Å². The van der Waals surface area contributed by atoms with E-state index in [1.54, 1.807) is 28.3 Å². The molecule has 0 aromatic rings. The average molecular weight is 1080 g/mol. The monoisotopic (exact) mass is 1080 g/mol. The van der Waals surface area contributed by atoms with Gasteiger partial charge in [0.25, 0.3) is 11.7 Å². The zero-order valence-corrected chi connectivity index (χ0v) is 51.5. The molecule has 1 unspecified atom stereocenters. The van der Waals surface area contributed by atoms with E-state index in [1.165, 1.54) is 12.0 Å². The van der Waals surface area contributed by atoms with Crippen molar-refractivity contribution in [2.45, 2.75) is 244 Å². The number of carbonyl (C=O) groups is 4. The molecule has 0 spiro atoms. The fourth-order valence-electron chi connectivity index (χ4n) is 11.3. The molecule has 0 radical (unpaired) electrons. The van der Waals surface area contributed by atoms with Gasteiger partial charge in [0, 0.05) is 45.6 Å². The summed E-state index contributed by atoms with van der Waals surface area (Å²) >= 11 is 0. The molecule has 3 heterocycles. The van der Waals surface area contributed by atoms with Gasteiger partial charge in [0.15, 0.2) is 16.6 Å². The van der Waals surface area contributed by atoms with Crippen molar-refractivity contribution in [1.82, 2.24) is 4.90 Å². The summed E-state index contributed by atoms with van der Waals surface area (Å²) in [4.78, 5) is 59.4. The summed E-state index contributed by atoms with van der Waals surface area (Å²) in [5.74, 6) is -7.14. The molecule has 1 saturated carbocycles. The minimum atomic E-state index is -2.64. The molecule has 2 saturated heterocycles. The summed E-state index contributed by atoms with van der Waals surface area (Å²) < 4.78 is 51.3. The number of methoxy groups -OCH3 is 4. The van der Waals surface area contributed by atoms with Gasteiger partial charge in [-0.3, -0.25) is 14.4 Å². The highest BCUT2D eigenvalue weighted by molar-refractivity contribution is 6.74. The lowest BCUT2D eigenvalue weighted by Crippen LogP contribution is -2.64. The van der Waals surface area contributed by atoms with E-state index in [4.69, 9.17) is 37.3 Å². The lowest BCUT2D eigenvalue weighted by Gasteiger charge is -2.47. The molecule has 1 aliphatic carbocycles. The van der Waals surface area contributed by atoms with Gasteiger partial charge >= 0.3 is 11.9 Å². The van der Waals surface area contributed by atoms with Gasteiger partial charge in [-0.1, -0.05) is 99.1 Å². The summed E-state index contributed by atoms with van der Waals surface area (Å²) in [6.45, 7) is 34.3.